The number of rotatable bonds is 3. The second-order valence-corrected chi connectivity index (χ2v) is 7.23. The molecule has 0 radical (unpaired) electrons. The minimum absolute atomic E-state index is 0.0911. The van der Waals surface area contributed by atoms with E-state index in [1.807, 2.05) is 0 Å². The Balaban J connectivity index is 2.51. The molecule has 1 aliphatic heterocycles. The standard InChI is InChI=1S/C12H14ClNO5S/c1-12(11(16)17)6-9(15)7-14(12)20(18,19)10-4-2-3-8(13)5-10/h2-5,9,15H,6-7H2,1H3,(H,16,17). The lowest BCUT2D eigenvalue weighted by Gasteiger charge is -2.29. The lowest BCUT2D eigenvalue weighted by molar-refractivity contribution is -0.146. The van der Waals surface area contributed by atoms with Crippen molar-refractivity contribution in [3.63, 3.8) is 0 Å². The molecule has 2 N–H and O–H groups in total. The predicted octanol–water partition coefficient (Wildman–Crippen LogP) is 0.939. The third kappa shape index (κ3) is 2.42. The summed E-state index contributed by atoms with van der Waals surface area (Å²) < 4.78 is 25.9. The van der Waals surface area contributed by atoms with Gasteiger partial charge in [-0.3, -0.25) is 4.79 Å². The predicted molar refractivity (Wildman–Crippen MR) is 72.0 cm³/mol. The summed E-state index contributed by atoms with van der Waals surface area (Å²) in [5, 5.41) is 19.2. The second-order valence-electron chi connectivity index (χ2n) is 4.93. The largest absolute Gasteiger partial charge is 0.480 e. The number of carboxylic acid groups (broad SMARTS) is 1. The molecular formula is C12H14ClNO5S. The Morgan fingerprint density at radius 2 is 2.15 bits per heavy atom. The zero-order valence-corrected chi connectivity index (χ0v) is 12.2. The molecule has 6 nitrogen and oxygen atoms in total. The quantitative estimate of drug-likeness (QED) is 0.864. The van der Waals surface area contributed by atoms with Gasteiger partial charge in [0.15, 0.2) is 0 Å². The van der Waals surface area contributed by atoms with Gasteiger partial charge in [0.2, 0.25) is 10.0 Å². The number of carboxylic acids is 1. The van der Waals surface area contributed by atoms with Gasteiger partial charge >= 0.3 is 5.97 Å². The maximum atomic E-state index is 12.5. The molecule has 0 aliphatic carbocycles. The molecule has 0 bridgehead atoms. The van der Waals surface area contributed by atoms with Crippen LogP contribution in [0.25, 0.3) is 0 Å². The summed E-state index contributed by atoms with van der Waals surface area (Å²) in [5.74, 6) is -1.29. The Morgan fingerprint density at radius 3 is 2.70 bits per heavy atom. The van der Waals surface area contributed by atoms with E-state index < -0.39 is 27.6 Å². The number of nitrogens with zero attached hydrogens (tertiary/aromatic N) is 1. The van der Waals surface area contributed by atoms with Crippen molar-refractivity contribution in [3.05, 3.63) is 29.3 Å². The highest BCUT2D eigenvalue weighted by molar-refractivity contribution is 7.89. The maximum absolute atomic E-state index is 12.5. The van der Waals surface area contributed by atoms with Crippen LogP contribution >= 0.6 is 11.6 Å². The molecule has 8 heteroatoms. The number of halogens is 1. The average molecular weight is 320 g/mol. The molecule has 110 valence electrons. The van der Waals surface area contributed by atoms with Crippen LogP contribution in [0.2, 0.25) is 5.02 Å². The number of aliphatic hydroxyl groups is 1. The molecule has 2 unspecified atom stereocenters. The first-order valence-electron chi connectivity index (χ1n) is 5.88. The molecule has 1 aromatic carbocycles. The fourth-order valence-electron chi connectivity index (χ4n) is 2.33. The number of β-amino-alcohol motifs (C(OH)–C–C–N with tert-alkyl or cyclic N) is 1. The Labute approximate surface area is 121 Å². The van der Waals surface area contributed by atoms with Gasteiger partial charge in [-0.15, -0.1) is 0 Å². The third-order valence-electron chi connectivity index (χ3n) is 3.40. The van der Waals surface area contributed by atoms with Gasteiger partial charge in [-0.2, -0.15) is 4.31 Å². The molecule has 1 aliphatic rings. The van der Waals surface area contributed by atoms with E-state index in [0.717, 1.165) is 4.31 Å². The van der Waals surface area contributed by atoms with E-state index in [4.69, 9.17) is 11.6 Å². The van der Waals surface area contributed by atoms with Gasteiger partial charge in [0.05, 0.1) is 11.0 Å². The summed E-state index contributed by atoms with van der Waals surface area (Å²) in [5.41, 5.74) is -1.67. The van der Waals surface area contributed by atoms with E-state index in [1.54, 1.807) is 0 Å². The maximum Gasteiger partial charge on any atom is 0.324 e. The third-order valence-corrected chi connectivity index (χ3v) is 5.62. The molecule has 1 saturated heterocycles. The average Bonchev–Trinajstić information content (AvgIpc) is 2.67. The Morgan fingerprint density at radius 1 is 1.50 bits per heavy atom. The Hall–Kier alpha value is -1.15. The Bertz CT molecular complexity index is 647. The molecule has 0 saturated carbocycles. The van der Waals surface area contributed by atoms with Crippen LogP contribution in [0.3, 0.4) is 0 Å². The van der Waals surface area contributed by atoms with E-state index in [1.165, 1.54) is 31.2 Å². The first-order chi connectivity index (χ1) is 9.18. The van der Waals surface area contributed by atoms with E-state index in [2.05, 4.69) is 0 Å². The number of sulfonamides is 1. The molecule has 1 fully saturated rings. The minimum atomic E-state index is -4.04. The second kappa shape index (κ2) is 5.00. The van der Waals surface area contributed by atoms with Gasteiger partial charge in [0, 0.05) is 18.0 Å². The van der Waals surface area contributed by atoms with E-state index in [0.29, 0.717) is 0 Å². The Kier molecular flexibility index (Phi) is 3.81. The van der Waals surface area contributed by atoms with Gasteiger partial charge < -0.3 is 10.2 Å². The molecule has 0 amide bonds. The fraction of sp³-hybridized carbons (Fsp3) is 0.417. The molecule has 2 rings (SSSR count). The van der Waals surface area contributed by atoms with Crippen molar-refractivity contribution in [1.82, 2.24) is 4.31 Å². The highest BCUT2D eigenvalue weighted by atomic mass is 35.5. The first kappa shape index (κ1) is 15.2. The van der Waals surface area contributed by atoms with E-state index >= 15 is 0 Å². The van der Waals surface area contributed by atoms with Gasteiger partial charge in [0.25, 0.3) is 0 Å². The van der Waals surface area contributed by atoms with Crippen molar-refractivity contribution < 1.29 is 23.4 Å². The van der Waals surface area contributed by atoms with Crippen LogP contribution in [0.5, 0.6) is 0 Å². The number of carbonyl (C=O) groups is 1. The zero-order valence-electron chi connectivity index (χ0n) is 10.7. The van der Waals surface area contributed by atoms with Crippen LogP contribution in [0, 0.1) is 0 Å². The molecule has 2 atom stereocenters. The van der Waals surface area contributed by atoms with Gasteiger partial charge in [-0.05, 0) is 25.1 Å². The van der Waals surface area contributed by atoms with Crippen LogP contribution in [-0.2, 0) is 14.8 Å². The highest BCUT2D eigenvalue weighted by Crippen LogP contribution is 2.35. The fourth-order valence-corrected chi connectivity index (χ4v) is 4.42. The minimum Gasteiger partial charge on any atom is -0.480 e. The van der Waals surface area contributed by atoms with Crippen molar-refractivity contribution in [2.75, 3.05) is 6.54 Å². The molecule has 0 spiro atoms. The first-order valence-corrected chi connectivity index (χ1v) is 7.69. The lowest BCUT2D eigenvalue weighted by atomic mass is 10.0. The number of aliphatic carboxylic acids is 1. The number of benzene rings is 1. The van der Waals surface area contributed by atoms with Crippen LogP contribution in [0.1, 0.15) is 13.3 Å². The zero-order chi connectivity index (χ0) is 15.1. The number of hydrogen-bond acceptors (Lipinski definition) is 4. The summed E-state index contributed by atoms with van der Waals surface area (Å²) in [6.45, 7) is 1.03. The molecule has 1 heterocycles. The van der Waals surface area contributed by atoms with Crippen molar-refractivity contribution in [2.24, 2.45) is 0 Å². The molecule has 0 aromatic heterocycles. The van der Waals surface area contributed by atoms with Crippen molar-refractivity contribution in [1.29, 1.82) is 0 Å². The van der Waals surface area contributed by atoms with E-state index in [9.17, 15) is 23.4 Å². The highest BCUT2D eigenvalue weighted by Gasteiger charge is 2.53. The molecule has 1 aromatic rings. The van der Waals surface area contributed by atoms with Crippen LogP contribution in [0.15, 0.2) is 29.2 Å². The SMILES string of the molecule is CC1(C(=O)O)CC(O)CN1S(=O)(=O)c1cccc(Cl)c1. The van der Waals surface area contributed by atoms with Crippen molar-refractivity contribution >= 4 is 27.6 Å². The topological polar surface area (TPSA) is 94.9 Å². The summed E-state index contributed by atoms with van der Waals surface area (Å²) in [4.78, 5) is 11.3. The lowest BCUT2D eigenvalue weighted by Crippen LogP contribution is -2.50. The summed E-state index contributed by atoms with van der Waals surface area (Å²) in [6.07, 6.45) is -1.16. The smallest absolute Gasteiger partial charge is 0.324 e. The van der Waals surface area contributed by atoms with Crippen LogP contribution in [0.4, 0.5) is 0 Å². The van der Waals surface area contributed by atoms with Gasteiger partial charge in [-0.25, -0.2) is 8.42 Å². The summed E-state index contributed by atoms with van der Waals surface area (Å²) in [6, 6.07) is 5.59. The number of aliphatic hydroxyl groups excluding tert-OH is 1. The molecular weight excluding hydrogens is 306 g/mol. The van der Waals surface area contributed by atoms with Crippen molar-refractivity contribution in [3.8, 4) is 0 Å². The van der Waals surface area contributed by atoms with Crippen LogP contribution < -0.4 is 0 Å². The van der Waals surface area contributed by atoms with Gasteiger partial charge in [-0.1, -0.05) is 17.7 Å². The van der Waals surface area contributed by atoms with E-state index in [-0.39, 0.29) is 22.9 Å². The summed E-state index contributed by atoms with van der Waals surface area (Å²) in [7, 11) is -4.04. The van der Waals surface area contributed by atoms with Crippen LogP contribution in [-0.4, -0.2) is 47.1 Å². The summed E-state index contributed by atoms with van der Waals surface area (Å²) >= 11 is 5.77. The normalized spacial score (nSPS) is 27.6. The molecule has 20 heavy (non-hydrogen) atoms. The van der Waals surface area contributed by atoms with Crippen molar-refractivity contribution in [2.45, 2.75) is 29.9 Å². The van der Waals surface area contributed by atoms with Gasteiger partial charge in [0.1, 0.15) is 5.54 Å². The monoisotopic (exact) mass is 319 g/mol. The number of hydrogen-bond donors (Lipinski definition) is 2.